The van der Waals surface area contributed by atoms with Crippen molar-refractivity contribution in [3.63, 3.8) is 0 Å². The summed E-state index contributed by atoms with van der Waals surface area (Å²) in [6.45, 7) is 2.47. The summed E-state index contributed by atoms with van der Waals surface area (Å²) in [7, 11) is 0. The van der Waals surface area contributed by atoms with Crippen molar-refractivity contribution in [3.05, 3.63) is 70.9 Å². The number of anilines is 1. The zero-order valence-corrected chi connectivity index (χ0v) is 14.6. The largest absolute Gasteiger partial charge is 0.302 e. The molecule has 0 aliphatic heterocycles. The van der Waals surface area contributed by atoms with Crippen LogP contribution in [0.2, 0.25) is 5.02 Å². The van der Waals surface area contributed by atoms with Crippen molar-refractivity contribution in [2.24, 2.45) is 0 Å². The number of carbonyl (C=O) groups excluding carboxylic acids is 1. The summed E-state index contributed by atoms with van der Waals surface area (Å²) in [6, 6.07) is 11.1. The van der Waals surface area contributed by atoms with Crippen molar-refractivity contribution in [2.75, 3.05) is 5.32 Å². The van der Waals surface area contributed by atoms with Crippen LogP contribution in [0, 0.1) is 6.92 Å². The van der Waals surface area contributed by atoms with Gasteiger partial charge in [-0.25, -0.2) is 9.50 Å². The molecule has 3 heterocycles. The van der Waals surface area contributed by atoms with E-state index in [1.807, 2.05) is 31.2 Å². The molecule has 4 rings (SSSR count). The number of hydrogen-bond acceptors (Lipinski definition) is 5. The molecule has 0 atom stereocenters. The standard InChI is InChI=1S/C17H14ClN7O/c1-11-8-14(22-25(11)10-12-4-2-5-13(18)9-12)20-16(26)15-21-17-19-6-3-7-24(17)23-15/h2-9H,10H2,1H3,(H,20,22,26). The number of aryl methyl sites for hydroxylation is 1. The first-order chi connectivity index (χ1) is 12.6. The lowest BCUT2D eigenvalue weighted by Gasteiger charge is -2.04. The van der Waals surface area contributed by atoms with Crippen LogP contribution in [-0.2, 0) is 6.54 Å². The van der Waals surface area contributed by atoms with Gasteiger partial charge in [0, 0.05) is 29.2 Å². The lowest BCUT2D eigenvalue weighted by molar-refractivity contribution is 0.101. The maximum atomic E-state index is 12.4. The molecule has 3 aromatic heterocycles. The maximum absolute atomic E-state index is 12.4. The lowest BCUT2D eigenvalue weighted by Crippen LogP contribution is -2.14. The fourth-order valence-corrected chi connectivity index (χ4v) is 2.75. The highest BCUT2D eigenvalue weighted by atomic mass is 35.5. The summed E-state index contributed by atoms with van der Waals surface area (Å²) in [5.41, 5.74) is 1.93. The number of hydrogen-bond donors (Lipinski definition) is 1. The van der Waals surface area contributed by atoms with Gasteiger partial charge in [0.2, 0.25) is 5.82 Å². The zero-order chi connectivity index (χ0) is 18.1. The number of benzene rings is 1. The Morgan fingerprint density at radius 3 is 2.92 bits per heavy atom. The minimum Gasteiger partial charge on any atom is -0.302 e. The second-order valence-electron chi connectivity index (χ2n) is 5.71. The molecule has 0 saturated heterocycles. The highest BCUT2D eigenvalue weighted by Crippen LogP contribution is 2.15. The summed E-state index contributed by atoms with van der Waals surface area (Å²) in [5, 5.41) is 11.9. The molecular formula is C17H14ClN7O. The van der Waals surface area contributed by atoms with Crippen molar-refractivity contribution < 1.29 is 4.79 Å². The SMILES string of the molecule is Cc1cc(NC(=O)c2nc3ncccn3n2)nn1Cc1cccc(Cl)c1. The van der Waals surface area contributed by atoms with Crippen LogP contribution < -0.4 is 5.32 Å². The number of amides is 1. The number of aromatic nitrogens is 6. The van der Waals surface area contributed by atoms with Crippen molar-refractivity contribution in [2.45, 2.75) is 13.5 Å². The van der Waals surface area contributed by atoms with Crippen LogP contribution >= 0.6 is 11.6 Å². The Kier molecular flexibility index (Phi) is 4.10. The van der Waals surface area contributed by atoms with E-state index < -0.39 is 5.91 Å². The Morgan fingerprint density at radius 1 is 1.23 bits per heavy atom. The van der Waals surface area contributed by atoms with Crippen LogP contribution in [0.5, 0.6) is 0 Å². The van der Waals surface area contributed by atoms with Gasteiger partial charge < -0.3 is 5.32 Å². The molecule has 0 radical (unpaired) electrons. The quantitative estimate of drug-likeness (QED) is 0.598. The van der Waals surface area contributed by atoms with Gasteiger partial charge in [-0.2, -0.15) is 10.1 Å². The van der Waals surface area contributed by atoms with Crippen LogP contribution in [-0.4, -0.2) is 35.3 Å². The van der Waals surface area contributed by atoms with Gasteiger partial charge in [0.05, 0.1) is 6.54 Å². The normalized spacial score (nSPS) is 11.0. The van der Waals surface area contributed by atoms with Crippen molar-refractivity contribution in [3.8, 4) is 0 Å². The third-order valence-corrected chi connectivity index (χ3v) is 4.00. The van der Waals surface area contributed by atoms with E-state index in [-0.39, 0.29) is 5.82 Å². The van der Waals surface area contributed by atoms with Gasteiger partial charge in [-0.3, -0.25) is 9.48 Å². The second-order valence-corrected chi connectivity index (χ2v) is 6.15. The fourth-order valence-electron chi connectivity index (χ4n) is 2.54. The molecule has 8 nitrogen and oxygen atoms in total. The highest BCUT2D eigenvalue weighted by Gasteiger charge is 2.15. The molecule has 0 bridgehead atoms. The molecule has 0 spiro atoms. The molecule has 0 fully saturated rings. The first-order valence-electron chi connectivity index (χ1n) is 7.86. The molecular weight excluding hydrogens is 354 g/mol. The maximum Gasteiger partial charge on any atom is 0.296 e. The first kappa shape index (κ1) is 16.2. The Hall–Kier alpha value is -3.26. The van der Waals surface area contributed by atoms with E-state index >= 15 is 0 Å². The van der Waals surface area contributed by atoms with Crippen molar-refractivity contribution in [1.29, 1.82) is 0 Å². The molecule has 130 valence electrons. The molecule has 26 heavy (non-hydrogen) atoms. The third-order valence-electron chi connectivity index (χ3n) is 3.76. The molecule has 1 amide bonds. The molecule has 9 heteroatoms. The van der Waals surface area contributed by atoms with Crippen LogP contribution in [0.1, 0.15) is 21.9 Å². The summed E-state index contributed by atoms with van der Waals surface area (Å²) >= 11 is 6.02. The second kappa shape index (κ2) is 6.57. The number of nitrogens with one attached hydrogen (secondary N) is 1. The Bertz CT molecular complexity index is 1070. The van der Waals surface area contributed by atoms with E-state index in [0.29, 0.717) is 23.2 Å². The minimum atomic E-state index is -0.442. The van der Waals surface area contributed by atoms with Crippen LogP contribution in [0.4, 0.5) is 5.82 Å². The van der Waals surface area contributed by atoms with Gasteiger partial charge in [-0.1, -0.05) is 23.7 Å². The Balaban J connectivity index is 1.52. The number of rotatable bonds is 4. The van der Waals surface area contributed by atoms with Crippen LogP contribution in [0.25, 0.3) is 5.78 Å². The summed E-state index contributed by atoms with van der Waals surface area (Å²) in [6.07, 6.45) is 3.27. The van der Waals surface area contributed by atoms with E-state index in [0.717, 1.165) is 11.3 Å². The average Bonchev–Trinajstić information content (AvgIpc) is 3.19. The average molecular weight is 368 g/mol. The number of carbonyl (C=O) groups is 1. The van der Waals surface area contributed by atoms with Crippen molar-refractivity contribution in [1.82, 2.24) is 29.4 Å². The van der Waals surface area contributed by atoms with Gasteiger partial charge in [0.15, 0.2) is 5.82 Å². The smallest absolute Gasteiger partial charge is 0.296 e. The Labute approximate surface area is 153 Å². The third kappa shape index (κ3) is 3.27. The molecule has 1 N–H and O–H groups in total. The molecule has 0 saturated carbocycles. The number of nitrogens with zero attached hydrogens (tertiary/aromatic N) is 6. The van der Waals surface area contributed by atoms with Crippen LogP contribution in [0.15, 0.2) is 48.8 Å². The van der Waals surface area contributed by atoms with E-state index in [9.17, 15) is 4.79 Å². The molecule has 0 aliphatic rings. The van der Waals surface area contributed by atoms with E-state index in [2.05, 4.69) is 25.5 Å². The predicted molar refractivity (Wildman–Crippen MR) is 96.3 cm³/mol. The van der Waals surface area contributed by atoms with E-state index in [1.165, 1.54) is 4.52 Å². The van der Waals surface area contributed by atoms with E-state index in [1.54, 1.807) is 29.2 Å². The summed E-state index contributed by atoms with van der Waals surface area (Å²) in [4.78, 5) is 20.5. The van der Waals surface area contributed by atoms with Crippen LogP contribution in [0.3, 0.4) is 0 Å². The molecule has 0 unspecified atom stereocenters. The van der Waals surface area contributed by atoms with Crippen molar-refractivity contribution >= 4 is 29.1 Å². The highest BCUT2D eigenvalue weighted by molar-refractivity contribution is 6.30. The molecule has 1 aromatic carbocycles. The topological polar surface area (TPSA) is 90.0 Å². The predicted octanol–water partition coefficient (Wildman–Crippen LogP) is 2.58. The van der Waals surface area contributed by atoms with Gasteiger partial charge >= 0.3 is 0 Å². The lowest BCUT2D eigenvalue weighted by atomic mass is 10.2. The zero-order valence-electron chi connectivity index (χ0n) is 13.8. The summed E-state index contributed by atoms with van der Waals surface area (Å²) < 4.78 is 3.23. The molecule has 4 aromatic rings. The van der Waals surface area contributed by atoms with Gasteiger partial charge in [-0.05, 0) is 30.7 Å². The fraction of sp³-hybridized carbons (Fsp3) is 0.118. The Morgan fingerprint density at radius 2 is 2.12 bits per heavy atom. The molecule has 0 aliphatic carbocycles. The van der Waals surface area contributed by atoms with E-state index in [4.69, 9.17) is 11.6 Å². The first-order valence-corrected chi connectivity index (χ1v) is 8.24. The number of halogens is 1. The van der Waals surface area contributed by atoms with Gasteiger partial charge in [-0.15, -0.1) is 5.10 Å². The van der Waals surface area contributed by atoms with Gasteiger partial charge in [0.1, 0.15) is 0 Å². The number of fused-ring (bicyclic) bond motifs is 1. The summed E-state index contributed by atoms with van der Waals surface area (Å²) in [5.74, 6) is 0.385. The minimum absolute atomic E-state index is 0.0331. The monoisotopic (exact) mass is 367 g/mol. The van der Waals surface area contributed by atoms with Gasteiger partial charge in [0.25, 0.3) is 11.7 Å².